The van der Waals surface area contributed by atoms with Gasteiger partial charge in [0, 0.05) is 17.8 Å². The molecular weight excluding hydrogens is 150 g/mol. The highest BCUT2D eigenvalue weighted by Crippen LogP contribution is 2.08. The standard InChI is InChI=1S/C10H13NO/c1-2-6-11-10-5-3-4-9(7-10)8-12/h3-5,7-8,11H,2,6H2,1H3. The number of anilines is 1. The SMILES string of the molecule is CCCNc1cccc(C=O)c1. The van der Waals surface area contributed by atoms with Crippen LogP contribution in [0, 0.1) is 0 Å². The summed E-state index contributed by atoms with van der Waals surface area (Å²) in [5.41, 5.74) is 1.73. The molecule has 1 aromatic rings. The largest absolute Gasteiger partial charge is 0.385 e. The normalized spacial score (nSPS) is 9.42. The summed E-state index contributed by atoms with van der Waals surface area (Å²) in [4.78, 5) is 10.4. The van der Waals surface area contributed by atoms with Gasteiger partial charge in [-0.2, -0.15) is 0 Å². The van der Waals surface area contributed by atoms with Gasteiger partial charge in [0.05, 0.1) is 0 Å². The maximum absolute atomic E-state index is 10.4. The molecule has 0 aliphatic heterocycles. The number of carbonyl (C=O) groups is 1. The van der Waals surface area contributed by atoms with Gasteiger partial charge in [-0.15, -0.1) is 0 Å². The van der Waals surface area contributed by atoms with Crippen LogP contribution >= 0.6 is 0 Å². The Kier molecular flexibility index (Phi) is 3.33. The fraction of sp³-hybridized carbons (Fsp3) is 0.300. The smallest absolute Gasteiger partial charge is 0.150 e. The van der Waals surface area contributed by atoms with Crippen LogP contribution in [0.2, 0.25) is 0 Å². The molecule has 64 valence electrons. The zero-order valence-corrected chi connectivity index (χ0v) is 7.21. The Balaban J connectivity index is 2.66. The van der Waals surface area contributed by atoms with Crippen molar-refractivity contribution in [1.82, 2.24) is 0 Å². The maximum Gasteiger partial charge on any atom is 0.150 e. The molecular formula is C10H13NO. The van der Waals surface area contributed by atoms with Gasteiger partial charge in [-0.3, -0.25) is 4.79 Å². The van der Waals surface area contributed by atoms with E-state index in [0.29, 0.717) is 0 Å². The number of carbonyl (C=O) groups excluding carboxylic acids is 1. The third-order valence-electron chi connectivity index (χ3n) is 1.60. The molecule has 0 amide bonds. The van der Waals surface area contributed by atoms with E-state index < -0.39 is 0 Å². The second-order valence-corrected chi connectivity index (χ2v) is 2.67. The van der Waals surface area contributed by atoms with Gasteiger partial charge in [0.15, 0.2) is 0 Å². The molecule has 0 spiro atoms. The number of rotatable bonds is 4. The van der Waals surface area contributed by atoms with Crippen LogP contribution in [0.5, 0.6) is 0 Å². The van der Waals surface area contributed by atoms with Crippen molar-refractivity contribution >= 4 is 12.0 Å². The summed E-state index contributed by atoms with van der Waals surface area (Å²) in [6.07, 6.45) is 1.95. The summed E-state index contributed by atoms with van der Waals surface area (Å²) >= 11 is 0. The van der Waals surface area contributed by atoms with E-state index >= 15 is 0 Å². The highest BCUT2D eigenvalue weighted by Gasteiger charge is 1.91. The summed E-state index contributed by atoms with van der Waals surface area (Å²) in [6, 6.07) is 7.48. The van der Waals surface area contributed by atoms with Crippen LogP contribution in [0.25, 0.3) is 0 Å². The van der Waals surface area contributed by atoms with Gasteiger partial charge < -0.3 is 5.32 Å². The molecule has 0 fully saturated rings. The predicted octanol–water partition coefficient (Wildman–Crippen LogP) is 2.32. The number of hydrogen-bond acceptors (Lipinski definition) is 2. The van der Waals surface area contributed by atoms with Crippen molar-refractivity contribution in [1.29, 1.82) is 0 Å². The van der Waals surface area contributed by atoms with Gasteiger partial charge in [0.2, 0.25) is 0 Å². The van der Waals surface area contributed by atoms with E-state index in [2.05, 4.69) is 12.2 Å². The fourth-order valence-corrected chi connectivity index (χ4v) is 0.991. The van der Waals surface area contributed by atoms with Crippen molar-refractivity contribution in [2.24, 2.45) is 0 Å². The van der Waals surface area contributed by atoms with Crippen LogP contribution in [-0.4, -0.2) is 12.8 Å². The molecule has 0 aliphatic rings. The topological polar surface area (TPSA) is 29.1 Å². The first-order valence-electron chi connectivity index (χ1n) is 4.16. The molecule has 0 saturated heterocycles. The molecule has 0 radical (unpaired) electrons. The van der Waals surface area contributed by atoms with Gasteiger partial charge in [0.1, 0.15) is 6.29 Å². The van der Waals surface area contributed by atoms with Crippen molar-refractivity contribution in [3.8, 4) is 0 Å². The van der Waals surface area contributed by atoms with Crippen LogP contribution in [0.3, 0.4) is 0 Å². The molecule has 12 heavy (non-hydrogen) atoms. The lowest BCUT2D eigenvalue weighted by molar-refractivity contribution is 0.112. The van der Waals surface area contributed by atoms with Crippen molar-refractivity contribution in [3.63, 3.8) is 0 Å². The minimum Gasteiger partial charge on any atom is -0.385 e. The van der Waals surface area contributed by atoms with Crippen molar-refractivity contribution in [2.75, 3.05) is 11.9 Å². The minimum absolute atomic E-state index is 0.719. The Hall–Kier alpha value is -1.31. The van der Waals surface area contributed by atoms with E-state index in [1.165, 1.54) is 0 Å². The van der Waals surface area contributed by atoms with E-state index in [9.17, 15) is 4.79 Å². The van der Waals surface area contributed by atoms with Crippen LogP contribution in [0.1, 0.15) is 23.7 Å². The lowest BCUT2D eigenvalue weighted by atomic mass is 10.2. The number of aldehydes is 1. The maximum atomic E-state index is 10.4. The monoisotopic (exact) mass is 163 g/mol. The van der Waals surface area contributed by atoms with Gasteiger partial charge in [0.25, 0.3) is 0 Å². The van der Waals surface area contributed by atoms with Crippen molar-refractivity contribution in [3.05, 3.63) is 29.8 Å². The third-order valence-corrected chi connectivity index (χ3v) is 1.60. The molecule has 0 heterocycles. The third kappa shape index (κ3) is 2.38. The Morgan fingerprint density at radius 1 is 1.50 bits per heavy atom. The lowest BCUT2D eigenvalue weighted by Gasteiger charge is -2.03. The number of nitrogens with one attached hydrogen (secondary N) is 1. The molecule has 1 N–H and O–H groups in total. The average molecular weight is 163 g/mol. The Morgan fingerprint density at radius 3 is 3.00 bits per heavy atom. The second-order valence-electron chi connectivity index (χ2n) is 2.67. The first kappa shape index (κ1) is 8.78. The summed E-state index contributed by atoms with van der Waals surface area (Å²) in [6.45, 7) is 3.05. The van der Waals surface area contributed by atoms with Crippen LogP contribution in [-0.2, 0) is 0 Å². The highest BCUT2D eigenvalue weighted by atomic mass is 16.1. The fourth-order valence-electron chi connectivity index (χ4n) is 0.991. The van der Waals surface area contributed by atoms with Gasteiger partial charge >= 0.3 is 0 Å². The number of hydrogen-bond donors (Lipinski definition) is 1. The molecule has 2 nitrogen and oxygen atoms in total. The molecule has 0 bridgehead atoms. The molecule has 0 unspecified atom stereocenters. The van der Waals surface area contributed by atoms with Crippen LogP contribution < -0.4 is 5.32 Å². The molecule has 1 rings (SSSR count). The zero-order chi connectivity index (χ0) is 8.81. The van der Waals surface area contributed by atoms with E-state index in [1.54, 1.807) is 6.07 Å². The average Bonchev–Trinajstić information content (AvgIpc) is 2.15. The highest BCUT2D eigenvalue weighted by molar-refractivity contribution is 5.76. The van der Waals surface area contributed by atoms with Gasteiger partial charge in [-0.1, -0.05) is 19.1 Å². The Labute approximate surface area is 72.6 Å². The first-order chi connectivity index (χ1) is 5.86. The quantitative estimate of drug-likeness (QED) is 0.690. The lowest BCUT2D eigenvalue weighted by Crippen LogP contribution is -1.99. The molecule has 0 atom stereocenters. The van der Waals surface area contributed by atoms with Gasteiger partial charge in [-0.05, 0) is 18.6 Å². The predicted molar refractivity (Wildman–Crippen MR) is 50.6 cm³/mol. The van der Waals surface area contributed by atoms with Crippen molar-refractivity contribution < 1.29 is 4.79 Å². The van der Waals surface area contributed by atoms with Crippen LogP contribution in [0.4, 0.5) is 5.69 Å². The Morgan fingerprint density at radius 2 is 2.33 bits per heavy atom. The van der Waals surface area contributed by atoms with E-state index in [1.807, 2.05) is 18.2 Å². The summed E-state index contributed by atoms with van der Waals surface area (Å²) < 4.78 is 0. The van der Waals surface area contributed by atoms with Crippen LogP contribution in [0.15, 0.2) is 24.3 Å². The summed E-state index contributed by atoms with van der Waals surface area (Å²) in [5, 5.41) is 3.21. The van der Waals surface area contributed by atoms with Gasteiger partial charge in [-0.25, -0.2) is 0 Å². The second kappa shape index (κ2) is 4.54. The summed E-state index contributed by atoms with van der Waals surface area (Å²) in [5.74, 6) is 0. The molecule has 2 heteroatoms. The summed E-state index contributed by atoms with van der Waals surface area (Å²) in [7, 11) is 0. The molecule has 1 aromatic carbocycles. The molecule has 0 aliphatic carbocycles. The van der Waals surface area contributed by atoms with E-state index in [4.69, 9.17) is 0 Å². The Bertz CT molecular complexity index is 258. The first-order valence-corrected chi connectivity index (χ1v) is 4.16. The van der Waals surface area contributed by atoms with E-state index in [0.717, 1.165) is 30.5 Å². The van der Waals surface area contributed by atoms with E-state index in [-0.39, 0.29) is 0 Å². The number of benzene rings is 1. The minimum atomic E-state index is 0.719. The molecule has 0 aromatic heterocycles. The molecule has 0 saturated carbocycles. The zero-order valence-electron chi connectivity index (χ0n) is 7.21. The van der Waals surface area contributed by atoms with Crippen molar-refractivity contribution in [2.45, 2.75) is 13.3 Å².